The van der Waals surface area contributed by atoms with Crippen molar-refractivity contribution in [3.8, 4) is 0 Å². The Morgan fingerprint density at radius 3 is 2.83 bits per heavy atom. The lowest BCUT2D eigenvalue weighted by atomic mass is 10.0. The summed E-state index contributed by atoms with van der Waals surface area (Å²) in [4.78, 5) is 0. The minimum absolute atomic E-state index is 0.297. The van der Waals surface area contributed by atoms with Gasteiger partial charge in [0, 0.05) is 19.7 Å². The molecular formula is C15H20N2O. The van der Waals surface area contributed by atoms with Crippen molar-refractivity contribution in [2.24, 2.45) is 7.05 Å². The van der Waals surface area contributed by atoms with Gasteiger partial charge in [0.25, 0.3) is 0 Å². The third-order valence-electron chi connectivity index (χ3n) is 3.08. The Balaban J connectivity index is 1.83. The fraction of sp³-hybridized carbons (Fsp3) is 0.400. The fourth-order valence-corrected chi connectivity index (χ4v) is 2.15. The van der Waals surface area contributed by atoms with Gasteiger partial charge < -0.3 is 5.11 Å². The topological polar surface area (TPSA) is 38.1 Å². The standard InChI is InChI=1S/C15H20N2O/c1-12-4-3-5-13(8-12)6-7-15(18)9-14-10-16-17(2)11-14/h3-5,8,10-11,15,18H,6-7,9H2,1-2H3. The first-order valence-corrected chi connectivity index (χ1v) is 6.34. The van der Waals surface area contributed by atoms with Crippen LogP contribution in [0.4, 0.5) is 0 Å². The number of aromatic nitrogens is 2. The average molecular weight is 244 g/mol. The van der Waals surface area contributed by atoms with Crippen LogP contribution in [0.5, 0.6) is 0 Å². The molecule has 2 aromatic rings. The molecule has 0 radical (unpaired) electrons. The van der Waals surface area contributed by atoms with E-state index in [4.69, 9.17) is 0 Å². The van der Waals surface area contributed by atoms with E-state index in [2.05, 4.69) is 36.3 Å². The zero-order chi connectivity index (χ0) is 13.0. The molecule has 0 spiro atoms. The molecule has 0 aliphatic carbocycles. The van der Waals surface area contributed by atoms with Crippen molar-refractivity contribution in [2.45, 2.75) is 32.3 Å². The molecule has 0 aliphatic heterocycles. The molecule has 0 saturated carbocycles. The van der Waals surface area contributed by atoms with Gasteiger partial charge in [0.2, 0.25) is 0 Å². The van der Waals surface area contributed by atoms with Crippen LogP contribution in [-0.2, 0) is 19.9 Å². The first-order valence-electron chi connectivity index (χ1n) is 6.34. The first-order chi connectivity index (χ1) is 8.63. The maximum atomic E-state index is 10.0. The lowest BCUT2D eigenvalue weighted by molar-refractivity contribution is 0.165. The average Bonchev–Trinajstić information content (AvgIpc) is 2.72. The van der Waals surface area contributed by atoms with Crippen LogP contribution in [0, 0.1) is 6.92 Å². The third-order valence-corrected chi connectivity index (χ3v) is 3.08. The van der Waals surface area contributed by atoms with Gasteiger partial charge in [-0.1, -0.05) is 29.8 Å². The SMILES string of the molecule is Cc1cccc(CCC(O)Cc2cnn(C)c2)c1. The van der Waals surface area contributed by atoms with E-state index in [9.17, 15) is 5.11 Å². The molecule has 2 rings (SSSR count). The van der Waals surface area contributed by atoms with Gasteiger partial charge in [-0.2, -0.15) is 5.10 Å². The number of hydrogen-bond donors (Lipinski definition) is 1. The smallest absolute Gasteiger partial charge is 0.0584 e. The van der Waals surface area contributed by atoms with Gasteiger partial charge in [-0.05, 0) is 30.9 Å². The second kappa shape index (κ2) is 5.83. The van der Waals surface area contributed by atoms with E-state index in [0.717, 1.165) is 18.4 Å². The Kier molecular flexibility index (Phi) is 4.15. The largest absolute Gasteiger partial charge is 0.393 e. The molecule has 0 bridgehead atoms. The number of aliphatic hydroxyl groups is 1. The van der Waals surface area contributed by atoms with E-state index >= 15 is 0 Å². The predicted octanol–water partition coefficient (Wildman–Crippen LogP) is 2.26. The van der Waals surface area contributed by atoms with Crippen LogP contribution in [0.2, 0.25) is 0 Å². The summed E-state index contributed by atoms with van der Waals surface area (Å²) in [7, 11) is 1.89. The van der Waals surface area contributed by atoms with Gasteiger partial charge in [-0.25, -0.2) is 0 Å². The first kappa shape index (κ1) is 12.8. The number of benzene rings is 1. The maximum absolute atomic E-state index is 10.0. The second-order valence-corrected chi connectivity index (χ2v) is 4.91. The van der Waals surface area contributed by atoms with Gasteiger partial charge in [0.1, 0.15) is 0 Å². The van der Waals surface area contributed by atoms with E-state index < -0.39 is 0 Å². The van der Waals surface area contributed by atoms with Crippen LogP contribution >= 0.6 is 0 Å². The highest BCUT2D eigenvalue weighted by atomic mass is 16.3. The van der Waals surface area contributed by atoms with Crippen LogP contribution in [0.3, 0.4) is 0 Å². The van der Waals surface area contributed by atoms with Gasteiger partial charge >= 0.3 is 0 Å². The zero-order valence-corrected chi connectivity index (χ0v) is 11.0. The highest BCUT2D eigenvalue weighted by Crippen LogP contribution is 2.11. The van der Waals surface area contributed by atoms with Gasteiger partial charge in [-0.15, -0.1) is 0 Å². The number of aryl methyl sites for hydroxylation is 3. The summed E-state index contributed by atoms with van der Waals surface area (Å²) in [6.07, 6.45) is 5.86. The normalized spacial score (nSPS) is 12.6. The summed E-state index contributed by atoms with van der Waals surface area (Å²) in [5.74, 6) is 0. The molecule has 3 heteroatoms. The summed E-state index contributed by atoms with van der Waals surface area (Å²) in [6, 6.07) is 8.45. The van der Waals surface area contributed by atoms with Gasteiger partial charge in [-0.3, -0.25) is 4.68 Å². The molecule has 1 atom stereocenters. The molecule has 0 saturated heterocycles. The number of rotatable bonds is 5. The molecule has 3 nitrogen and oxygen atoms in total. The summed E-state index contributed by atoms with van der Waals surface area (Å²) < 4.78 is 1.77. The van der Waals surface area contributed by atoms with Crippen molar-refractivity contribution in [3.05, 3.63) is 53.3 Å². The van der Waals surface area contributed by atoms with Crippen molar-refractivity contribution in [1.82, 2.24) is 9.78 Å². The van der Waals surface area contributed by atoms with E-state index in [1.54, 1.807) is 4.68 Å². The molecule has 96 valence electrons. The molecule has 1 unspecified atom stereocenters. The highest BCUT2D eigenvalue weighted by Gasteiger charge is 2.07. The minimum Gasteiger partial charge on any atom is -0.393 e. The lowest BCUT2D eigenvalue weighted by Crippen LogP contribution is -2.11. The van der Waals surface area contributed by atoms with E-state index in [-0.39, 0.29) is 6.10 Å². The van der Waals surface area contributed by atoms with E-state index in [1.807, 2.05) is 19.4 Å². The van der Waals surface area contributed by atoms with Gasteiger partial charge in [0.05, 0.1) is 12.3 Å². The van der Waals surface area contributed by atoms with E-state index in [1.165, 1.54) is 11.1 Å². The Morgan fingerprint density at radius 2 is 2.17 bits per heavy atom. The summed E-state index contributed by atoms with van der Waals surface area (Å²) in [5.41, 5.74) is 3.66. The number of nitrogens with zero attached hydrogens (tertiary/aromatic N) is 2. The summed E-state index contributed by atoms with van der Waals surface area (Å²) in [5, 5.41) is 14.1. The third kappa shape index (κ3) is 3.70. The van der Waals surface area contributed by atoms with Crippen LogP contribution in [0.15, 0.2) is 36.7 Å². The maximum Gasteiger partial charge on any atom is 0.0584 e. The number of hydrogen-bond acceptors (Lipinski definition) is 2. The Morgan fingerprint density at radius 1 is 1.33 bits per heavy atom. The Bertz CT molecular complexity index is 505. The number of aliphatic hydroxyl groups excluding tert-OH is 1. The zero-order valence-electron chi connectivity index (χ0n) is 11.0. The van der Waals surface area contributed by atoms with Crippen molar-refractivity contribution in [2.75, 3.05) is 0 Å². The quantitative estimate of drug-likeness (QED) is 0.876. The van der Waals surface area contributed by atoms with Crippen molar-refractivity contribution >= 4 is 0 Å². The molecule has 0 amide bonds. The molecule has 1 heterocycles. The molecule has 0 aliphatic rings. The second-order valence-electron chi connectivity index (χ2n) is 4.91. The lowest BCUT2D eigenvalue weighted by Gasteiger charge is -2.09. The fourth-order valence-electron chi connectivity index (χ4n) is 2.15. The molecule has 1 N–H and O–H groups in total. The van der Waals surface area contributed by atoms with Crippen LogP contribution < -0.4 is 0 Å². The molecular weight excluding hydrogens is 224 g/mol. The molecule has 0 fully saturated rings. The van der Waals surface area contributed by atoms with Crippen LogP contribution in [0.25, 0.3) is 0 Å². The molecule has 1 aromatic carbocycles. The Hall–Kier alpha value is -1.61. The van der Waals surface area contributed by atoms with Crippen LogP contribution in [-0.4, -0.2) is 21.0 Å². The highest BCUT2D eigenvalue weighted by molar-refractivity contribution is 5.22. The Labute approximate surface area is 108 Å². The van der Waals surface area contributed by atoms with E-state index in [0.29, 0.717) is 6.42 Å². The van der Waals surface area contributed by atoms with Crippen molar-refractivity contribution < 1.29 is 5.11 Å². The molecule has 18 heavy (non-hydrogen) atoms. The van der Waals surface area contributed by atoms with Gasteiger partial charge in [0.15, 0.2) is 0 Å². The monoisotopic (exact) mass is 244 g/mol. The van der Waals surface area contributed by atoms with Crippen LogP contribution in [0.1, 0.15) is 23.1 Å². The van der Waals surface area contributed by atoms with Crippen molar-refractivity contribution in [1.29, 1.82) is 0 Å². The predicted molar refractivity (Wildman–Crippen MR) is 72.4 cm³/mol. The minimum atomic E-state index is -0.297. The van der Waals surface area contributed by atoms with Crippen molar-refractivity contribution in [3.63, 3.8) is 0 Å². The summed E-state index contributed by atoms with van der Waals surface area (Å²) >= 11 is 0. The summed E-state index contributed by atoms with van der Waals surface area (Å²) in [6.45, 7) is 2.09. The molecule has 1 aromatic heterocycles.